The molecule has 0 bridgehead atoms. The summed E-state index contributed by atoms with van der Waals surface area (Å²) in [5.41, 5.74) is 11.3. The highest BCUT2D eigenvalue weighted by atomic mass is 35.5. The van der Waals surface area contributed by atoms with Gasteiger partial charge in [-0.05, 0) is 17.7 Å². The van der Waals surface area contributed by atoms with E-state index in [-0.39, 0.29) is 6.61 Å². The molecule has 6 nitrogen and oxygen atoms in total. The minimum absolute atomic E-state index is 0.0178. The van der Waals surface area contributed by atoms with Crippen molar-refractivity contribution in [3.8, 4) is 0 Å². The molecule has 1 aromatic rings. The van der Waals surface area contributed by atoms with Gasteiger partial charge in [-0.15, -0.1) is 0 Å². The number of ether oxygens (including phenoxy) is 1. The van der Waals surface area contributed by atoms with Crippen molar-refractivity contribution >= 4 is 23.5 Å². The van der Waals surface area contributed by atoms with Gasteiger partial charge in [0.2, 0.25) is 0 Å². The number of nitrogens with two attached hydrogens (primary N) is 2. The molecule has 1 rings (SSSR count). The van der Waals surface area contributed by atoms with Crippen molar-refractivity contribution in [2.24, 2.45) is 11.5 Å². The number of carbonyl (C=O) groups is 2. The van der Waals surface area contributed by atoms with E-state index in [9.17, 15) is 9.59 Å². The summed E-state index contributed by atoms with van der Waals surface area (Å²) in [5.74, 6) is -2.22. The monoisotopic (exact) mass is 272 g/mol. The molecule has 5 N–H and O–H groups in total. The Kier molecular flexibility index (Phi) is 5.08. The third-order valence-electron chi connectivity index (χ3n) is 2.24. The fourth-order valence-corrected chi connectivity index (χ4v) is 1.26. The summed E-state index contributed by atoms with van der Waals surface area (Å²) in [4.78, 5) is 21.9. The maximum Gasteiger partial charge on any atom is 0.325 e. The SMILES string of the molecule is NC(C(=O)O)[C@H](N)C(=O)OCc1ccc(Cl)cc1. The van der Waals surface area contributed by atoms with Crippen molar-refractivity contribution in [1.82, 2.24) is 0 Å². The molecule has 7 heteroatoms. The number of hydrogen-bond acceptors (Lipinski definition) is 5. The van der Waals surface area contributed by atoms with Crippen LogP contribution in [0, 0.1) is 0 Å². The van der Waals surface area contributed by atoms with Gasteiger partial charge in [-0.25, -0.2) is 0 Å². The highest BCUT2D eigenvalue weighted by Gasteiger charge is 2.28. The van der Waals surface area contributed by atoms with Crippen LogP contribution < -0.4 is 11.5 Å². The highest BCUT2D eigenvalue weighted by Crippen LogP contribution is 2.10. The molecule has 0 heterocycles. The first kappa shape index (κ1) is 14.4. The second kappa shape index (κ2) is 6.34. The number of carboxylic acid groups (broad SMARTS) is 1. The van der Waals surface area contributed by atoms with E-state index in [0.29, 0.717) is 10.6 Å². The average molecular weight is 273 g/mol. The molecule has 0 amide bonds. The van der Waals surface area contributed by atoms with Gasteiger partial charge in [0.1, 0.15) is 18.7 Å². The minimum Gasteiger partial charge on any atom is -0.480 e. The summed E-state index contributed by atoms with van der Waals surface area (Å²) in [7, 11) is 0. The number of halogens is 1. The van der Waals surface area contributed by atoms with Crippen molar-refractivity contribution in [2.75, 3.05) is 0 Å². The Labute approximate surface area is 108 Å². The van der Waals surface area contributed by atoms with Crippen LogP contribution in [-0.2, 0) is 20.9 Å². The van der Waals surface area contributed by atoms with Gasteiger partial charge in [0.05, 0.1) is 0 Å². The van der Waals surface area contributed by atoms with E-state index < -0.39 is 24.0 Å². The summed E-state index contributed by atoms with van der Waals surface area (Å²) >= 11 is 5.69. The molecular formula is C11H13ClN2O4. The highest BCUT2D eigenvalue weighted by molar-refractivity contribution is 6.30. The van der Waals surface area contributed by atoms with Gasteiger partial charge in [-0.1, -0.05) is 23.7 Å². The summed E-state index contributed by atoms with van der Waals surface area (Å²) in [6.45, 7) is -0.0178. The molecule has 2 atom stereocenters. The van der Waals surface area contributed by atoms with E-state index in [2.05, 4.69) is 0 Å². The lowest BCUT2D eigenvalue weighted by molar-refractivity contribution is -0.151. The van der Waals surface area contributed by atoms with Crippen LogP contribution in [-0.4, -0.2) is 29.1 Å². The zero-order valence-corrected chi connectivity index (χ0v) is 10.1. The molecule has 98 valence electrons. The normalized spacial score (nSPS) is 13.7. The van der Waals surface area contributed by atoms with E-state index in [0.717, 1.165) is 0 Å². The van der Waals surface area contributed by atoms with Gasteiger partial charge in [0, 0.05) is 5.02 Å². The predicted octanol–water partition coefficient (Wildman–Crippen LogP) is 0.122. The Hall–Kier alpha value is -1.63. The second-order valence-corrected chi connectivity index (χ2v) is 4.06. The number of rotatable bonds is 5. The van der Waals surface area contributed by atoms with Crippen molar-refractivity contribution in [3.63, 3.8) is 0 Å². The summed E-state index contributed by atoms with van der Waals surface area (Å²) < 4.78 is 4.85. The molecule has 0 saturated carbocycles. The van der Waals surface area contributed by atoms with Gasteiger partial charge in [-0.2, -0.15) is 0 Å². The summed E-state index contributed by atoms with van der Waals surface area (Å²) in [6.07, 6.45) is 0. The van der Waals surface area contributed by atoms with Crippen LogP contribution in [0.2, 0.25) is 5.02 Å². The van der Waals surface area contributed by atoms with E-state index in [4.69, 9.17) is 32.9 Å². The first-order valence-corrected chi connectivity index (χ1v) is 5.44. The molecule has 0 fully saturated rings. The maximum absolute atomic E-state index is 11.4. The smallest absolute Gasteiger partial charge is 0.325 e. The van der Waals surface area contributed by atoms with Crippen molar-refractivity contribution in [3.05, 3.63) is 34.9 Å². The van der Waals surface area contributed by atoms with Crippen LogP contribution in [0.15, 0.2) is 24.3 Å². The Bertz CT molecular complexity index is 435. The molecule has 1 aromatic carbocycles. The molecule has 0 aliphatic heterocycles. The van der Waals surface area contributed by atoms with Gasteiger partial charge in [-0.3, -0.25) is 9.59 Å². The van der Waals surface area contributed by atoms with Crippen molar-refractivity contribution < 1.29 is 19.4 Å². The molecular weight excluding hydrogens is 260 g/mol. The number of aliphatic carboxylic acids is 1. The standard InChI is InChI=1S/C11H13ClN2O4/c12-7-3-1-6(2-4-7)5-18-11(17)9(14)8(13)10(15)16/h1-4,8-9H,5,13-14H2,(H,15,16)/t8?,9-/m0/s1. The van der Waals surface area contributed by atoms with Gasteiger partial charge in [0.15, 0.2) is 0 Å². The van der Waals surface area contributed by atoms with Crippen molar-refractivity contribution in [1.29, 1.82) is 0 Å². The zero-order valence-electron chi connectivity index (χ0n) is 9.38. The van der Waals surface area contributed by atoms with E-state index in [1.165, 1.54) is 0 Å². The fourth-order valence-electron chi connectivity index (χ4n) is 1.13. The quantitative estimate of drug-likeness (QED) is 0.656. The maximum atomic E-state index is 11.4. The molecule has 0 aliphatic rings. The van der Waals surface area contributed by atoms with Crippen LogP contribution >= 0.6 is 11.6 Å². The predicted molar refractivity (Wildman–Crippen MR) is 64.8 cm³/mol. The lowest BCUT2D eigenvalue weighted by atomic mass is 10.1. The van der Waals surface area contributed by atoms with Gasteiger partial charge >= 0.3 is 11.9 Å². The number of carboxylic acids is 1. The third kappa shape index (κ3) is 3.99. The Morgan fingerprint density at radius 1 is 1.22 bits per heavy atom. The number of benzene rings is 1. The van der Waals surface area contributed by atoms with E-state index in [1.807, 2.05) is 0 Å². The molecule has 0 saturated heterocycles. The zero-order chi connectivity index (χ0) is 13.7. The molecule has 0 radical (unpaired) electrons. The van der Waals surface area contributed by atoms with Gasteiger partial charge in [0.25, 0.3) is 0 Å². The number of hydrogen-bond donors (Lipinski definition) is 3. The molecule has 18 heavy (non-hydrogen) atoms. The van der Waals surface area contributed by atoms with Crippen LogP contribution in [0.1, 0.15) is 5.56 Å². The minimum atomic E-state index is -1.48. The summed E-state index contributed by atoms with van der Waals surface area (Å²) in [5, 5.41) is 9.15. The third-order valence-corrected chi connectivity index (χ3v) is 2.49. The van der Waals surface area contributed by atoms with Crippen LogP contribution in [0.5, 0.6) is 0 Å². The van der Waals surface area contributed by atoms with Crippen LogP contribution in [0.3, 0.4) is 0 Å². The Balaban J connectivity index is 2.50. The van der Waals surface area contributed by atoms with Crippen LogP contribution in [0.4, 0.5) is 0 Å². The molecule has 0 aromatic heterocycles. The fraction of sp³-hybridized carbons (Fsp3) is 0.273. The van der Waals surface area contributed by atoms with Gasteiger partial charge < -0.3 is 21.3 Å². The van der Waals surface area contributed by atoms with Crippen LogP contribution in [0.25, 0.3) is 0 Å². The number of esters is 1. The molecule has 0 spiro atoms. The van der Waals surface area contributed by atoms with Crippen molar-refractivity contribution in [2.45, 2.75) is 18.7 Å². The lowest BCUT2D eigenvalue weighted by Gasteiger charge is -2.14. The average Bonchev–Trinajstić information content (AvgIpc) is 2.35. The van der Waals surface area contributed by atoms with E-state index in [1.54, 1.807) is 24.3 Å². The Morgan fingerprint density at radius 2 is 1.78 bits per heavy atom. The largest absolute Gasteiger partial charge is 0.480 e. The Morgan fingerprint density at radius 3 is 2.28 bits per heavy atom. The first-order valence-electron chi connectivity index (χ1n) is 5.07. The lowest BCUT2D eigenvalue weighted by Crippen LogP contribution is -2.52. The molecule has 0 aliphatic carbocycles. The number of carbonyl (C=O) groups excluding carboxylic acids is 1. The van der Waals surface area contributed by atoms with E-state index >= 15 is 0 Å². The summed E-state index contributed by atoms with van der Waals surface area (Å²) in [6, 6.07) is 3.77. The first-order chi connectivity index (χ1) is 8.41. The second-order valence-electron chi connectivity index (χ2n) is 3.62. The molecule has 1 unspecified atom stereocenters. The topological polar surface area (TPSA) is 116 Å².